The van der Waals surface area contributed by atoms with Crippen molar-refractivity contribution in [2.24, 2.45) is 0 Å². The van der Waals surface area contributed by atoms with Gasteiger partial charge in [-0.05, 0) is 42.3 Å². The third-order valence-corrected chi connectivity index (χ3v) is 4.74. The summed E-state index contributed by atoms with van der Waals surface area (Å²) >= 11 is 0. The van der Waals surface area contributed by atoms with Crippen molar-refractivity contribution in [2.75, 3.05) is 13.2 Å². The highest BCUT2D eigenvalue weighted by Crippen LogP contribution is 2.24. The molecular formula is C22H25FN2O4. The van der Waals surface area contributed by atoms with E-state index >= 15 is 0 Å². The van der Waals surface area contributed by atoms with E-state index in [1.165, 1.54) is 12.1 Å². The lowest BCUT2D eigenvalue weighted by Crippen LogP contribution is -2.51. The average Bonchev–Trinajstić information content (AvgIpc) is 2.74. The molecule has 0 radical (unpaired) electrons. The van der Waals surface area contributed by atoms with E-state index < -0.39 is 18.2 Å². The number of nitrogens with one attached hydrogen (secondary N) is 2. The van der Waals surface area contributed by atoms with Crippen LogP contribution in [0.5, 0.6) is 5.75 Å². The summed E-state index contributed by atoms with van der Waals surface area (Å²) in [4.78, 5) is 12.4. The second-order valence-corrected chi connectivity index (χ2v) is 6.88. The molecule has 3 rings (SSSR count). The van der Waals surface area contributed by atoms with Crippen LogP contribution in [0, 0.1) is 5.82 Å². The Hall–Kier alpha value is -2.74. The number of hydrogen-bond donors (Lipinski definition) is 4. The van der Waals surface area contributed by atoms with Gasteiger partial charge in [0.1, 0.15) is 23.8 Å². The number of hydrogen-bond acceptors (Lipinski definition) is 5. The topological polar surface area (TPSA) is 90.8 Å². The van der Waals surface area contributed by atoms with E-state index in [0.29, 0.717) is 24.3 Å². The van der Waals surface area contributed by atoms with Gasteiger partial charge in [-0.25, -0.2) is 4.39 Å². The van der Waals surface area contributed by atoms with Crippen LogP contribution in [0.15, 0.2) is 66.2 Å². The van der Waals surface area contributed by atoms with Crippen LogP contribution in [0.2, 0.25) is 0 Å². The molecule has 29 heavy (non-hydrogen) atoms. The molecule has 1 amide bonds. The minimum atomic E-state index is -0.884. The molecule has 6 nitrogen and oxygen atoms in total. The van der Waals surface area contributed by atoms with Crippen molar-refractivity contribution in [1.82, 2.24) is 10.6 Å². The van der Waals surface area contributed by atoms with Gasteiger partial charge in [0.25, 0.3) is 0 Å². The maximum atomic E-state index is 13.1. The molecule has 154 valence electrons. The molecule has 0 aromatic heterocycles. The Bertz CT molecular complexity index is 826. The molecular weight excluding hydrogens is 375 g/mol. The number of ether oxygens (including phenoxy) is 1. The third-order valence-electron chi connectivity index (χ3n) is 4.74. The normalized spacial score (nSPS) is 21.3. The molecule has 3 atom stereocenters. The number of aliphatic hydroxyl groups is 2. The highest BCUT2D eigenvalue weighted by Gasteiger charge is 2.35. The van der Waals surface area contributed by atoms with Gasteiger partial charge in [-0.1, -0.05) is 30.3 Å². The fourth-order valence-electron chi connectivity index (χ4n) is 3.21. The Morgan fingerprint density at radius 3 is 2.55 bits per heavy atom. The van der Waals surface area contributed by atoms with E-state index in [1.807, 2.05) is 18.2 Å². The minimum absolute atomic E-state index is 0.149. The van der Waals surface area contributed by atoms with Gasteiger partial charge in [-0.2, -0.15) is 0 Å². The molecule has 2 aromatic rings. The lowest BCUT2D eigenvalue weighted by molar-refractivity contribution is -0.118. The molecule has 0 bridgehead atoms. The van der Waals surface area contributed by atoms with Crippen molar-refractivity contribution in [3.8, 4) is 5.75 Å². The van der Waals surface area contributed by atoms with E-state index in [1.54, 1.807) is 30.3 Å². The van der Waals surface area contributed by atoms with Gasteiger partial charge in [0.05, 0.1) is 6.61 Å². The van der Waals surface area contributed by atoms with Crippen LogP contribution in [0.3, 0.4) is 0 Å². The highest BCUT2D eigenvalue weighted by atomic mass is 19.1. The van der Waals surface area contributed by atoms with Gasteiger partial charge in [-0.15, -0.1) is 0 Å². The Labute approximate surface area is 169 Å². The van der Waals surface area contributed by atoms with Crippen molar-refractivity contribution < 1.29 is 24.1 Å². The number of rotatable bonds is 8. The Morgan fingerprint density at radius 2 is 1.86 bits per heavy atom. The van der Waals surface area contributed by atoms with Crippen LogP contribution in [0.4, 0.5) is 4.39 Å². The van der Waals surface area contributed by atoms with Crippen LogP contribution in [-0.4, -0.2) is 47.5 Å². The highest BCUT2D eigenvalue weighted by molar-refractivity contribution is 5.93. The van der Waals surface area contributed by atoms with E-state index in [-0.39, 0.29) is 24.9 Å². The van der Waals surface area contributed by atoms with E-state index in [4.69, 9.17) is 9.84 Å². The summed E-state index contributed by atoms with van der Waals surface area (Å²) in [7, 11) is 0. The monoisotopic (exact) mass is 400 g/mol. The number of carbonyl (C=O) groups is 1. The third kappa shape index (κ3) is 5.87. The maximum absolute atomic E-state index is 13.1. The number of aliphatic hydroxyl groups excluding tert-OH is 2. The molecule has 7 heteroatoms. The fourth-order valence-corrected chi connectivity index (χ4v) is 3.21. The van der Waals surface area contributed by atoms with Crippen LogP contribution >= 0.6 is 0 Å². The number of carbonyl (C=O) groups excluding carboxylic acids is 1. The summed E-state index contributed by atoms with van der Waals surface area (Å²) in [6.45, 7) is 0.403. The van der Waals surface area contributed by atoms with Gasteiger partial charge >= 0.3 is 0 Å². The first kappa shape index (κ1) is 21.0. The summed E-state index contributed by atoms with van der Waals surface area (Å²) in [6, 6.07) is 14.7. The minimum Gasteiger partial charge on any atom is -0.484 e. The molecule has 0 aliphatic heterocycles. The molecule has 0 heterocycles. The second-order valence-electron chi connectivity index (χ2n) is 6.88. The van der Waals surface area contributed by atoms with Crippen LogP contribution in [0.25, 0.3) is 0 Å². The fraction of sp³-hybridized carbons (Fsp3) is 0.318. The number of amides is 1. The second kappa shape index (κ2) is 10.2. The number of benzene rings is 2. The Kier molecular flexibility index (Phi) is 7.35. The number of halogens is 1. The maximum Gasteiger partial charge on any atom is 0.247 e. The van der Waals surface area contributed by atoms with Gasteiger partial charge in [0.2, 0.25) is 5.91 Å². The Morgan fingerprint density at radius 1 is 1.14 bits per heavy atom. The van der Waals surface area contributed by atoms with Crippen LogP contribution < -0.4 is 15.4 Å². The summed E-state index contributed by atoms with van der Waals surface area (Å²) in [5.74, 6) is -0.0307. The molecule has 4 N–H and O–H groups in total. The molecule has 0 saturated heterocycles. The van der Waals surface area contributed by atoms with E-state index in [9.17, 15) is 14.3 Å². The average molecular weight is 400 g/mol. The van der Waals surface area contributed by atoms with Crippen molar-refractivity contribution in [1.29, 1.82) is 0 Å². The molecule has 2 aromatic carbocycles. The van der Waals surface area contributed by atoms with Crippen molar-refractivity contribution in [2.45, 2.75) is 31.2 Å². The summed E-state index contributed by atoms with van der Waals surface area (Å²) in [5.41, 5.74) is 1.33. The molecule has 0 saturated carbocycles. The zero-order chi connectivity index (χ0) is 20.6. The number of para-hydroxylation sites is 1. The van der Waals surface area contributed by atoms with Gasteiger partial charge in [-0.3, -0.25) is 4.79 Å². The molecule has 1 aliphatic carbocycles. The zero-order valence-corrected chi connectivity index (χ0v) is 15.9. The quantitative estimate of drug-likeness (QED) is 0.540. The zero-order valence-electron chi connectivity index (χ0n) is 15.9. The molecule has 0 fully saturated rings. The smallest absolute Gasteiger partial charge is 0.247 e. The van der Waals surface area contributed by atoms with Gasteiger partial charge in [0, 0.05) is 24.7 Å². The van der Waals surface area contributed by atoms with Crippen molar-refractivity contribution >= 4 is 5.91 Å². The lowest BCUT2D eigenvalue weighted by atomic mass is 9.89. The molecule has 1 aliphatic rings. The first-order valence-electron chi connectivity index (χ1n) is 9.54. The first-order valence-corrected chi connectivity index (χ1v) is 9.54. The Balaban J connectivity index is 1.74. The standard InChI is InChI=1S/C22H25FN2O4/c23-17-8-6-15(7-9-17)14-25-19-12-16(22(28)24-10-11-26)13-20(21(19)27)29-18-4-2-1-3-5-18/h1-9,13,19-21,25-27H,10-12,14H2,(H,24,28)/t19-,20+,21?/m1/s1. The lowest BCUT2D eigenvalue weighted by Gasteiger charge is -2.34. The summed E-state index contributed by atoms with van der Waals surface area (Å²) in [5, 5.41) is 25.6. The predicted molar refractivity (Wildman–Crippen MR) is 107 cm³/mol. The van der Waals surface area contributed by atoms with Crippen LogP contribution in [-0.2, 0) is 11.3 Å². The molecule has 1 unspecified atom stereocenters. The molecule has 0 spiro atoms. The van der Waals surface area contributed by atoms with Crippen molar-refractivity contribution in [3.05, 3.63) is 77.6 Å². The van der Waals surface area contributed by atoms with Crippen LogP contribution in [0.1, 0.15) is 12.0 Å². The first-order chi connectivity index (χ1) is 14.1. The van der Waals surface area contributed by atoms with E-state index in [0.717, 1.165) is 5.56 Å². The van der Waals surface area contributed by atoms with Gasteiger partial charge < -0.3 is 25.6 Å². The predicted octanol–water partition coefficient (Wildman–Crippen LogP) is 1.53. The summed E-state index contributed by atoms with van der Waals surface area (Å²) < 4.78 is 19.0. The largest absolute Gasteiger partial charge is 0.484 e. The van der Waals surface area contributed by atoms with Crippen molar-refractivity contribution in [3.63, 3.8) is 0 Å². The van der Waals surface area contributed by atoms with Gasteiger partial charge in [0.15, 0.2) is 0 Å². The summed E-state index contributed by atoms with van der Waals surface area (Å²) in [6.07, 6.45) is 0.325. The van der Waals surface area contributed by atoms with E-state index in [2.05, 4.69) is 10.6 Å². The SMILES string of the molecule is O=C(NCCO)C1=C[C@H](Oc2ccccc2)C(O)[C@H](NCc2ccc(F)cc2)C1.